The average Bonchev–Trinajstić information content (AvgIpc) is 3.30. The lowest BCUT2D eigenvalue weighted by Gasteiger charge is -2.22. The molecule has 156 valence electrons. The molecule has 1 amide bonds. The first-order valence-corrected chi connectivity index (χ1v) is 11.0. The third-order valence-electron chi connectivity index (χ3n) is 5.67. The van der Waals surface area contributed by atoms with Gasteiger partial charge >= 0.3 is 0 Å². The minimum atomic E-state index is -0.614. The van der Waals surface area contributed by atoms with Gasteiger partial charge in [0.15, 0.2) is 5.43 Å². The molecule has 1 aliphatic rings. The molecule has 0 N–H and O–H groups in total. The van der Waals surface area contributed by atoms with Crippen molar-refractivity contribution in [3.63, 3.8) is 0 Å². The van der Waals surface area contributed by atoms with Crippen LogP contribution >= 0.6 is 11.3 Å². The van der Waals surface area contributed by atoms with Crippen LogP contribution in [-0.2, 0) is 0 Å². The van der Waals surface area contributed by atoms with Crippen molar-refractivity contribution in [3.05, 3.63) is 85.7 Å². The van der Waals surface area contributed by atoms with E-state index in [2.05, 4.69) is 24.0 Å². The Labute approximate surface area is 183 Å². The number of hydrogen-bond donors (Lipinski definition) is 0. The molecule has 1 unspecified atom stereocenters. The first-order valence-electron chi connectivity index (χ1n) is 10.2. The van der Waals surface area contributed by atoms with Crippen LogP contribution in [0.15, 0.2) is 51.7 Å². The van der Waals surface area contributed by atoms with Crippen molar-refractivity contribution < 1.29 is 9.21 Å². The lowest BCUT2D eigenvalue weighted by molar-refractivity contribution is 0.0970. The number of aryl methyl sites for hydroxylation is 2. The number of hydrogen-bond acceptors (Lipinski definition) is 6. The number of fused-ring (bicyclic) bond motifs is 2. The van der Waals surface area contributed by atoms with Crippen LogP contribution in [0.3, 0.4) is 0 Å². The highest BCUT2D eigenvalue weighted by Crippen LogP contribution is 2.42. The predicted octanol–water partition coefficient (Wildman–Crippen LogP) is 5.13. The van der Waals surface area contributed by atoms with Gasteiger partial charge in [-0.05, 0) is 43.0 Å². The molecular formula is C24H21N3O3S. The van der Waals surface area contributed by atoms with E-state index >= 15 is 0 Å². The van der Waals surface area contributed by atoms with E-state index in [0.29, 0.717) is 27.6 Å². The van der Waals surface area contributed by atoms with Crippen molar-refractivity contribution >= 4 is 33.3 Å². The van der Waals surface area contributed by atoms with Gasteiger partial charge in [0.05, 0.1) is 17.0 Å². The molecule has 0 saturated heterocycles. The molecule has 4 aromatic rings. The van der Waals surface area contributed by atoms with Gasteiger partial charge in [0.25, 0.3) is 5.91 Å². The quantitative estimate of drug-likeness (QED) is 0.449. The second-order valence-electron chi connectivity index (χ2n) is 8.18. The Bertz CT molecular complexity index is 1390. The summed E-state index contributed by atoms with van der Waals surface area (Å²) in [6, 6.07) is 12.8. The van der Waals surface area contributed by atoms with E-state index in [0.717, 1.165) is 16.1 Å². The maximum atomic E-state index is 13.6. The molecule has 1 aliphatic heterocycles. The third kappa shape index (κ3) is 3.08. The molecule has 1 atom stereocenters. The second kappa shape index (κ2) is 7.13. The molecular weight excluding hydrogens is 410 g/mol. The largest absolute Gasteiger partial charge is 0.450 e. The molecule has 0 saturated carbocycles. The number of rotatable bonds is 3. The summed E-state index contributed by atoms with van der Waals surface area (Å²) >= 11 is 1.32. The standard InChI is InChI=1S/C24H21N3O3S/c1-12(2)15-6-8-16(9-7-15)20-19-21(28)17-11-13(3)5-10-18(17)30-22(19)23(29)27(20)24-26-25-14(4)31-24/h5-12,20H,1-4H3. The van der Waals surface area contributed by atoms with E-state index in [1.165, 1.54) is 21.8 Å². The van der Waals surface area contributed by atoms with Crippen LogP contribution in [0.4, 0.5) is 5.13 Å². The van der Waals surface area contributed by atoms with Crippen molar-refractivity contribution in [2.75, 3.05) is 4.90 Å². The van der Waals surface area contributed by atoms with E-state index in [9.17, 15) is 9.59 Å². The average molecular weight is 432 g/mol. The zero-order chi connectivity index (χ0) is 21.9. The monoisotopic (exact) mass is 431 g/mol. The maximum absolute atomic E-state index is 13.6. The number of aromatic nitrogens is 2. The summed E-state index contributed by atoms with van der Waals surface area (Å²) in [4.78, 5) is 28.6. The molecule has 7 heteroatoms. The molecule has 2 aromatic carbocycles. The van der Waals surface area contributed by atoms with Crippen LogP contribution in [0.25, 0.3) is 11.0 Å². The molecule has 0 spiro atoms. The van der Waals surface area contributed by atoms with E-state index in [1.807, 2.05) is 50.2 Å². The zero-order valence-corrected chi connectivity index (χ0v) is 18.5. The predicted molar refractivity (Wildman–Crippen MR) is 121 cm³/mol. The summed E-state index contributed by atoms with van der Waals surface area (Å²) in [5, 5.41) is 9.95. The Morgan fingerprint density at radius 2 is 1.77 bits per heavy atom. The number of anilines is 1. The van der Waals surface area contributed by atoms with Gasteiger partial charge in [-0.25, -0.2) is 0 Å². The van der Waals surface area contributed by atoms with Crippen LogP contribution in [0, 0.1) is 13.8 Å². The highest BCUT2D eigenvalue weighted by atomic mass is 32.1. The van der Waals surface area contributed by atoms with Crippen molar-refractivity contribution in [2.45, 2.75) is 39.7 Å². The normalized spacial score (nSPS) is 15.8. The molecule has 31 heavy (non-hydrogen) atoms. The van der Waals surface area contributed by atoms with E-state index in [1.54, 1.807) is 6.07 Å². The smallest absolute Gasteiger partial charge is 0.297 e. The molecule has 3 heterocycles. The van der Waals surface area contributed by atoms with E-state index < -0.39 is 6.04 Å². The van der Waals surface area contributed by atoms with Crippen molar-refractivity contribution in [1.82, 2.24) is 10.2 Å². The summed E-state index contributed by atoms with van der Waals surface area (Å²) in [5.74, 6) is 0.0845. The van der Waals surface area contributed by atoms with Crippen LogP contribution in [0.1, 0.15) is 63.6 Å². The van der Waals surface area contributed by atoms with Gasteiger partial charge in [-0.3, -0.25) is 14.5 Å². The lowest BCUT2D eigenvalue weighted by Crippen LogP contribution is -2.29. The van der Waals surface area contributed by atoms with Crippen LogP contribution in [-0.4, -0.2) is 16.1 Å². The Morgan fingerprint density at radius 1 is 1.03 bits per heavy atom. The highest BCUT2D eigenvalue weighted by molar-refractivity contribution is 7.15. The minimum Gasteiger partial charge on any atom is -0.450 e. The van der Waals surface area contributed by atoms with Crippen LogP contribution in [0.5, 0.6) is 0 Å². The summed E-state index contributed by atoms with van der Waals surface area (Å²) in [6.45, 7) is 8.02. The van der Waals surface area contributed by atoms with Gasteiger partial charge in [0, 0.05) is 0 Å². The first-order chi connectivity index (χ1) is 14.8. The van der Waals surface area contributed by atoms with Crippen LogP contribution in [0.2, 0.25) is 0 Å². The molecule has 0 bridgehead atoms. The van der Waals surface area contributed by atoms with E-state index in [-0.39, 0.29) is 17.1 Å². The SMILES string of the molecule is Cc1ccc2oc3c(c(=O)c2c1)C(c1ccc(C(C)C)cc1)N(c1nnc(C)s1)C3=O. The van der Waals surface area contributed by atoms with Gasteiger partial charge in [-0.1, -0.05) is 61.1 Å². The summed E-state index contributed by atoms with van der Waals surface area (Å²) < 4.78 is 5.99. The Balaban J connectivity index is 1.78. The Hall–Kier alpha value is -3.32. The summed E-state index contributed by atoms with van der Waals surface area (Å²) in [7, 11) is 0. The molecule has 0 aliphatic carbocycles. The van der Waals surface area contributed by atoms with Gasteiger partial charge < -0.3 is 4.42 Å². The second-order valence-corrected chi connectivity index (χ2v) is 9.34. The minimum absolute atomic E-state index is 0.0761. The van der Waals surface area contributed by atoms with Crippen LogP contribution < -0.4 is 10.3 Å². The molecule has 0 fully saturated rings. The lowest BCUT2D eigenvalue weighted by atomic mass is 9.95. The van der Waals surface area contributed by atoms with Crippen molar-refractivity contribution in [1.29, 1.82) is 0 Å². The van der Waals surface area contributed by atoms with Gasteiger partial charge in [-0.2, -0.15) is 0 Å². The third-order valence-corrected chi connectivity index (χ3v) is 6.50. The first kappa shape index (κ1) is 19.6. The number of benzene rings is 2. The fourth-order valence-electron chi connectivity index (χ4n) is 4.05. The topological polar surface area (TPSA) is 76.3 Å². The Kier molecular flexibility index (Phi) is 4.51. The summed E-state index contributed by atoms with van der Waals surface area (Å²) in [6.07, 6.45) is 0. The van der Waals surface area contributed by atoms with Crippen molar-refractivity contribution in [3.8, 4) is 0 Å². The fraction of sp³-hybridized carbons (Fsp3) is 0.250. The van der Waals surface area contributed by atoms with Gasteiger partial charge in [0.1, 0.15) is 10.6 Å². The summed E-state index contributed by atoms with van der Waals surface area (Å²) in [5.41, 5.74) is 3.56. The molecule has 2 aromatic heterocycles. The van der Waals surface area contributed by atoms with Gasteiger partial charge in [0.2, 0.25) is 10.9 Å². The number of carbonyl (C=O) groups is 1. The van der Waals surface area contributed by atoms with Crippen molar-refractivity contribution in [2.24, 2.45) is 0 Å². The fourth-order valence-corrected chi connectivity index (χ4v) is 4.76. The molecule has 5 rings (SSSR count). The molecule has 0 radical (unpaired) electrons. The highest BCUT2D eigenvalue weighted by Gasteiger charge is 2.45. The zero-order valence-electron chi connectivity index (χ0n) is 17.7. The van der Waals surface area contributed by atoms with E-state index in [4.69, 9.17) is 4.42 Å². The molecule has 6 nitrogen and oxygen atoms in total. The Morgan fingerprint density at radius 3 is 2.42 bits per heavy atom. The maximum Gasteiger partial charge on any atom is 0.297 e. The number of carbonyl (C=O) groups excluding carboxylic acids is 1. The number of amides is 1. The van der Waals surface area contributed by atoms with Gasteiger partial charge in [-0.15, -0.1) is 10.2 Å². The number of nitrogens with zero attached hydrogens (tertiary/aromatic N) is 3.